The maximum absolute atomic E-state index is 13.4. The minimum Gasteiger partial charge on any atom is -0.465 e. The molecule has 0 saturated carbocycles. The molecule has 1 atom stereocenters. The molecule has 196 valence electrons. The normalized spacial score (nSPS) is 18.5. The van der Waals surface area contributed by atoms with Gasteiger partial charge in [0, 0.05) is 31.1 Å². The highest BCUT2D eigenvalue weighted by Gasteiger charge is 2.41. The van der Waals surface area contributed by atoms with Gasteiger partial charge in [0.1, 0.15) is 15.3 Å². The Labute approximate surface area is 228 Å². The number of anilines is 1. The smallest absolute Gasteiger partial charge is 0.341 e. The third-order valence-electron chi connectivity index (χ3n) is 6.63. The van der Waals surface area contributed by atoms with Crippen LogP contribution in [0.25, 0.3) is 0 Å². The fraction of sp³-hybridized carbons (Fsp3) is 0.360. The summed E-state index contributed by atoms with van der Waals surface area (Å²) in [4.78, 5) is 29.5. The third kappa shape index (κ3) is 5.34. The minimum atomic E-state index is -3.86. The maximum atomic E-state index is 13.4. The number of rotatable bonds is 7. The van der Waals surface area contributed by atoms with Gasteiger partial charge in [0.25, 0.3) is 10.0 Å². The van der Waals surface area contributed by atoms with Crippen molar-refractivity contribution in [2.24, 2.45) is 0 Å². The van der Waals surface area contributed by atoms with Gasteiger partial charge in [-0.3, -0.25) is 9.69 Å². The molecule has 8 nitrogen and oxygen atoms in total. The highest BCUT2D eigenvalue weighted by atomic mass is 35.5. The summed E-state index contributed by atoms with van der Waals surface area (Å²) < 4.78 is 33.2. The summed E-state index contributed by atoms with van der Waals surface area (Å²) in [6.07, 6.45) is 1.62. The van der Waals surface area contributed by atoms with E-state index in [1.807, 2.05) is 18.2 Å². The van der Waals surface area contributed by atoms with Crippen molar-refractivity contribution in [2.45, 2.75) is 42.6 Å². The average Bonchev–Trinajstić information content (AvgIpc) is 3.62. The number of carbonyl (C=O) groups is 2. The van der Waals surface area contributed by atoms with Gasteiger partial charge in [-0.2, -0.15) is 4.31 Å². The lowest BCUT2D eigenvalue weighted by Crippen LogP contribution is -2.42. The molecule has 12 heteroatoms. The van der Waals surface area contributed by atoms with E-state index in [9.17, 15) is 18.0 Å². The Morgan fingerprint density at radius 2 is 1.92 bits per heavy atom. The lowest BCUT2D eigenvalue weighted by molar-refractivity contribution is -0.119. The second-order valence-electron chi connectivity index (χ2n) is 8.97. The van der Waals surface area contributed by atoms with E-state index < -0.39 is 27.9 Å². The third-order valence-corrected chi connectivity index (χ3v) is 11.4. The van der Waals surface area contributed by atoms with E-state index in [4.69, 9.17) is 16.3 Å². The zero-order valence-electron chi connectivity index (χ0n) is 20.1. The number of nitrogens with zero attached hydrogens (tertiary/aromatic N) is 2. The molecule has 2 aromatic heterocycles. The highest BCUT2D eigenvalue weighted by Crippen LogP contribution is 2.39. The van der Waals surface area contributed by atoms with Gasteiger partial charge in [-0.25, -0.2) is 13.2 Å². The Kier molecular flexibility index (Phi) is 7.71. The average molecular weight is 580 g/mol. The van der Waals surface area contributed by atoms with E-state index >= 15 is 0 Å². The highest BCUT2D eigenvalue weighted by molar-refractivity contribution is 7.91. The van der Waals surface area contributed by atoms with Crippen LogP contribution in [0.2, 0.25) is 4.34 Å². The van der Waals surface area contributed by atoms with Crippen LogP contribution >= 0.6 is 34.3 Å². The molecule has 1 fully saturated rings. The number of sulfonamides is 1. The fourth-order valence-electron chi connectivity index (χ4n) is 4.88. The Morgan fingerprint density at radius 1 is 1.14 bits per heavy atom. The lowest BCUT2D eigenvalue weighted by Gasteiger charge is -2.27. The summed E-state index contributed by atoms with van der Waals surface area (Å²) in [6.45, 7) is 2.45. The fourth-order valence-corrected chi connectivity index (χ4v) is 9.43. The Hall–Kier alpha value is -2.28. The molecule has 1 amide bonds. The Bertz CT molecular complexity index is 1420. The predicted molar refractivity (Wildman–Crippen MR) is 145 cm³/mol. The molecule has 1 aromatic carbocycles. The second kappa shape index (κ2) is 10.8. The van der Waals surface area contributed by atoms with Crippen molar-refractivity contribution < 1.29 is 22.7 Å². The summed E-state index contributed by atoms with van der Waals surface area (Å²) in [5.41, 5.74) is 2.46. The second-order valence-corrected chi connectivity index (χ2v) is 13.9. The zero-order valence-corrected chi connectivity index (χ0v) is 23.3. The molecule has 0 spiro atoms. The van der Waals surface area contributed by atoms with E-state index in [1.54, 1.807) is 0 Å². The number of amides is 1. The summed E-state index contributed by atoms with van der Waals surface area (Å²) in [5, 5.41) is 3.29. The molecule has 0 radical (unpaired) electrons. The zero-order chi connectivity index (χ0) is 26.2. The van der Waals surface area contributed by atoms with Crippen LogP contribution in [0.5, 0.6) is 0 Å². The molecule has 0 aliphatic carbocycles. The van der Waals surface area contributed by atoms with Gasteiger partial charge in [-0.15, -0.1) is 22.7 Å². The number of hydrogen-bond donors (Lipinski definition) is 1. The van der Waals surface area contributed by atoms with E-state index in [0.29, 0.717) is 40.7 Å². The van der Waals surface area contributed by atoms with Gasteiger partial charge < -0.3 is 10.1 Å². The van der Waals surface area contributed by atoms with Crippen LogP contribution in [0.15, 0.2) is 46.7 Å². The van der Waals surface area contributed by atoms with Gasteiger partial charge in [0.15, 0.2) is 0 Å². The number of nitrogens with one attached hydrogen (secondary N) is 1. The van der Waals surface area contributed by atoms with Crippen LogP contribution < -0.4 is 5.32 Å². The summed E-state index contributed by atoms with van der Waals surface area (Å²) >= 11 is 8.28. The van der Waals surface area contributed by atoms with Crippen molar-refractivity contribution in [2.75, 3.05) is 25.5 Å². The quantitative estimate of drug-likeness (QED) is 0.411. The molecule has 5 rings (SSSR count). The van der Waals surface area contributed by atoms with Crippen LogP contribution in [-0.2, 0) is 39.1 Å². The Morgan fingerprint density at radius 3 is 2.62 bits per heavy atom. The number of esters is 1. The van der Waals surface area contributed by atoms with E-state index in [-0.39, 0.29) is 10.8 Å². The van der Waals surface area contributed by atoms with Crippen LogP contribution in [0.3, 0.4) is 0 Å². The van der Waals surface area contributed by atoms with Crippen molar-refractivity contribution in [1.29, 1.82) is 0 Å². The summed E-state index contributed by atoms with van der Waals surface area (Å²) in [6, 6.07) is 12.3. The first-order valence-electron chi connectivity index (χ1n) is 11.8. The molecule has 2 aliphatic rings. The molecular formula is C25H26ClN3O5S3. The maximum Gasteiger partial charge on any atom is 0.341 e. The number of halogens is 1. The summed E-state index contributed by atoms with van der Waals surface area (Å²) in [7, 11) is -2.54. The monoisotopic (exact) mass is 579 g/mol. The molecular weight excluding hydrogens is 554 g/mol. The molecule has 1 unspecified atom stereocenters. The van der Waals surface area contributed by atoms with Crippen molar-refractivity contribution in [1.82, 2.24) is 9.21 Å². The van der Waals surface area contributed by atoms with Crippen molar-refractivity contribution >= 4 is 61.2 Å². The number of carbonyl (C=O) groups excluding carboxylic acids is 2. The van der Waals surface area contributed by atoms with Crippen LogP contribution in [0, 0.1) is 0 Å². The predicted octanol–water partition coefficient (Wildman–Crippen LogP) is 4.60. The SMILES string of the molecule is COC(=O)c1c(NC(=O)C2CCCN2S(=O)(=O)c2ccc(Cl)s2)sc2c1CCN(Cc1ccccc1)C2. The molecule has 0 bridgehead atoms. The lowest BCUT2D eigenvalue weighted by atomic mass is 10.0. The van der Waals surface area contributed by atoms with Crippen molar-refractivity contribution in [3.8, 4) is 0 Å². The van der Waals surface area contributed by atoms with Crippen molar-refractivity contribution in [3.05, 3.63) is 68.4 Å². The molecule has 3 aromatic rings. The number of thiophene rings is 2. The Balaban J connectivity index is 1.38. The first-order valence-corrected chi connectivity index (χ1v) is 15.3. The van der Waals surface area contributed by atoms with Gasteiger partial charge >= 0.3 is 5.97 Å². The number of fused-ring (bicyclic) bond motifs is 1. The molecule has 1 saturated heterocycles. The molecule has 4 heterocycles. The van der Waals surface area contributed by atoms with Gasteiger partial charge in [-0.1, -0.05) is 41.9 Å². The van der Waals surface area contributed by atoms with Crippen LogP contribution in [0.4, 0.5) is 5.00 Å². The number of benzene rings is 1. The molecule has 1 N–H and O–H groups in total. The topological polar surface area (TPSA) is 96.0 Å². The van der Waals surface area contributed by atoms with Gasteiger partial charge in [-0.05, 0) is 42.5 Å². The number of ether oxygens (including phenoxy) is 1. The van der Waals surface area contributed by atoms with Crippen LogP contribution in [-0.4, -0.2) is 55.7 Å². The number of hydrogen-bond acceptors (Lipinski definition) is 8. The summed E-state index contributed by atoms with van der Waals surface area (Å²) in [5.74, 6) is -0.956. The standard InChI is InChI=1S/C25H26ClN3O5S3/c1-34-25(31)22-17-11-13-28(14-16-6-3-2-4-7-16)15-19(17)35-24(22)27-23(30)18-8-5-12-29(18)37(32,33)21-10-9-20(26)36-21/h2-4,6-7,9-10,18H,5,8,11-15H2,1H3,(H,27,30). The first-order chi connectivity index (χ1) is 17.8. The van der Waals surface area contributed by atoms with Gasteiger partial charge in [0.05, 0.1) is 17.0 Å². The van der Waals surface area contributed by atoms with E-state index in [1.165, 1.54) is 40.4 Å². The first kappa shape index (κ1) is 26.3. The van der Waals surface area contributed by atoms with E-state index in [0.717, 1.165) is 34.9 Å². The largest absolute Gasteiger partial charge is 0.465 e. The number of methoxy groups -OCH3 is 1. The van der Waals surface area contributed by atoms with Gasteiger partial charge in [0.2, 0.25) is 5.91 Å². The van der Waals surface area contributed by atoms with E-state index in [2.05, 4.69) is 22.3 Å². The molecule has 37 heavy (non-hydrogen) atoms. The molecule has 2 aliphatic heterocycles. The minimum absolute atomic E-state index is 0.109. The van der Waals surface area contributed by atoms with Crippen molar-refractivity contribution in [3.63, 3.8) is 0 Å². The van der Waals surface area contributed by atoms with Crippen LogP contribution in [0.1, 0.15) is 39.2 Å².